The molecule has 2 heterocycles. The maximum absolute atomic E-state index is 13.2. The predicted molar refractivity (Wildman–Crippen MR) is 123 cm³/mol. The molecule has 0 saturated carbocycles. The van der Waals surface area contributed by atoms with Crippen molar-refractivity contribution in [3.63, 3.8) is 0 Å². The first kappa shape index (κ1) is 22.4. The monoisotopic (exact) mass is 457 g/mol. The third-order valence-corrected chi connectivity index (χ3v) is 6.73. The Balaban J connectivity index is 1.47. The zero-order valence-corrected chi connectivity index (χ0v) is 18.9. The number of carbonyl (C=O) groups excluding carboxylic acids is 3. The van der Waals surface area contributed by atoms with Crippen LogP contribution >= 0.6 is 11.3 Å². The van der Waals surface area contributed by atoms with Crippen LogP contribution in [0.3, 0.4) is 0 Å². The lowest BCUT2D eigenvalue weighted by molar-refractivity contribution is -0.118. The van der Waals surface area contributed by atoms with E-state index in [4.69, 9.17) is 9.47 Å². The molecular weight excluding hydrogens is 430 g/mol. The second kappa shape index (κ2) is 10.2. The molecule has 1 saturated heterocycles. The Morgan fingerprint density at radius 3 is 2.56 bits per heavy atom. The van der Waals surface area contributed by atoms with Crippen molar-refractivity contribution in [2.45, 2.75) is 26.2 Å². The van der Waals surface area contributed by atoms with Crippen LogP contribution in [-0.4, -0.2) is 62.1 Å². The van der Waals surface area contributed by atoms with Crippen molar-refractivity contribution in [1.29, 1.82) is 0 Å². The molecule has 4 rings (SSSR count). The molecular formula is C23H27N3O5S. The number of hydrogen-bond donors (Lipinski definition) is 2. The molecule has 2 aliphatic rings. The Morgan fingerprint density at radius 1 is 1.09 bits per heavy atom. The molecule has 1 aliphatic carbocycles. The molecule has 8 nitrogen and oxygen atoms in total. The molecule has 1 fully saturated rings. The molecule has 1 aromatic carbocycles. The number of amides is 2. The summed E-state index contributed by atoms with van der Waals surface area (Å²) in [5, 5.41) is 6.48. The van der Waals surface area contributed by atoms with Gasteiger partial charge >= 0.3 is 5.97 Å². The van der Waals surface area contributed by atoms with Crippen LogP contribution in [0.1, 0.15) is 44.5 Å². The lowest BCUT2D eigenvalue weighted by atomic mass is 10.1. The minimum Gasteiger partial charge on any atom is -0.462 e. The third-order valence-electron chi connectivity index (χ3n) is 5.53. The van der Waals surface area contributed by atoms with Crippen LogP contribution in [0.25, 0.3) is 0 Å². The third kappa shape index (κ3) is 5.17. The molecule has 0 radical (unpaired) electrons. The number of morpholine rings is 1. The Bertz CT molecular complexity index is 996. The molecule has 2 amide bonds. The van der Waals surface area contributed by atoms with Gasteiger partial charge in [0, 0.05) is 23.7 Å². The van der Waals surface area contributed by atoms with Crippen LogP contribution in [0.2, 0.25) is 0 Å². The SMILES string of the molecule is CCOC(=O)c1ccc(NC(=O)c2c(NC(=O)CN3CCOCC3)sc3c2CCC3)cc1. The number of benzene rings is 1. The minimum absolute atomic E-state index is 0.125. The molecule has 0 atom stereocenters. The highest BCUT2D eigenvalue weighted by Crippen LogP contribution is 2.39. The number of aryl methyl sites for hydroxylation is 1. The second-order valence-corrected chi connectivity index (χ2v) is 8.86. The number of thiophene rings is 1. The number of ether oxygens (including phenoxy) is 2. The van der Waals surface area contributed by atoms with E-state index in [0.717, 1.165) is 42.8 Å². The maximum atomic E-state index is 13.2. The van der Waals surface area contributed by atoms with Gasteiger partial charge in [-0.15, -0.1) is 11.3 Å². The van der Waals surface area contributed by atoms with Gasteiger partial charge in [-0.3, -0.25) is 14.5 Å². The first-order valence-corrected chi connectivity index (χ1v) is 11.7. The molecule has 2 aromatic rings. The van der Waals surface area contributed by atoms with Crippen LogP contribution in [0.4, 0.5) is 10.7 Å². The molecule has 1 aliphatic heterocycles. The fourth-order valence-corrected chi connectivity index (χ4v) is 5.26. The second-order valence-electron chi connectivity index (χ2n) is 7.75. The first-order valence-electron chi connectivity index (χ1n) is 10.9. The normalized spacial score (nSPS) is 15.8. The van der Waals surface area contributed by atoms with Crippen molar-refractivity contribution in [2.24, 2.45) is 0 Å². The van der Waals surface area contributed by atoms with E-state index < -0.39 is 5.97 Å². The predicted octanol–water partition coefficient (Wildman–Crippen LogP) is 2.94. The number of esters is 1. The molecule has 1 aromatic heterocycles. The Kier molecular flexibility index (Phi) is 7.19. The van der Waals surface area contributed by atoms with Gasteiger partial charge in [-0.1, -0.05) is 0 Å². The summed E-state index contributed by atoms with van der Waals surface area (Å²) in [6.45, 7) is 5.05. The van der Waals surface area contributed by atoms with E-state index in [2.05, 4.69) is 10.6 Å². The summed E-state index contributed by atoms with van der Waals surface area (Å²) in [5.41, 5.74) is 2.58. The van der Waals surface area contributed by atoms with E-state index in [9.17, 15) is 14.4 Å². The number of hydrogen-bond acceptors (Lipinski definition) is 7. The summed E-state index contributed by atoms with van der Waals surface area (Å²) in [5.74, 6) is -0.777. The van der Waals surface area contributed by atoms with Crippen molar-refractivity contribution in [2.75, 3.05) is 50.1 Å². The van der Waals surface area contributed by atoms with Crippen LogP contribution in [-0.2, 0) is 27.1 Å². The standard InChI is InChI=1S/C23H27N3O5S/c1-2-31-23(29)15-6-8-16(9-7-15)24-21(28)20-17-4-3-5-18(17)32-22(20)25-19(27)14-26-10-12-30-13-11-26/h6-9H,2-5,10-14H2,1H3,(H,24,28)(H,25,27). The van der Waals surface area contributed by atoms with Gasteiger partial charge in [0.25, 0.3) is 5.91 Å². The molecule has 0 spiro atoms. The van der Waals surface area contributed by atoms with Gasteiger partial charge in [-0.25, -0.2) is 4.79 Å². The number of anilines is 2. The van der Waals surface area contributed by atoms with Crippen LogP contribution < -0.4 is 10.6 Å². The summed E-state index contributed by atoms with van der Waals surface area (Å²) in [7, 11) is 0. The van der Waals surface area contributed by atoms with E-state index >= 15 is 0 Å². The number of nitrogens with one attached hydrogen (secondary N) is 2. The zero-order chi connectivity index (χ0) is 22.5. The van der Waals surface area contributed by atoms with Crippen LogP contribution in [0.15, 0.2) is 24.3 Å². The molecule has 32 heavy (non-hydrogen) atoms. The van der Waals surface area contributed by atoms with Gasteiger partial charge in [-0.2, -0.15) is 0 Å². The molecule has 9 heteroatoms. The number of rotatable bonds is 7. The summed E-state index contributed by atoms with van der Waals surface area (Å²) in [6.07, 6.45) is 2.77. The van der Waals surface area contributed by atoms with Gasteiger partial charge in [0.1, 0.15) is 5.00 Å². The van der Waals surface area contributed by atoms with E-state index in [1.807, 2.05) is 4.90 Å². The molecule has 170 valence electrons. The summed E-state index contributed by atoms with van der Waals surface area (Å²) < 4.78 is 10.3. The Hall–Kier alpha value is -2.75. The van der Waals surface area contributed by atoms with Crippen LogP contribution in [0, 0.1) is 0 Å². The fraction of sp³-hybridized carbons (Fsp3) is 0.435. The lowest BCUT2D eigenvalue weighted by Gasteiger charge is -2.25. The highest BCUT2D eigenvalue weighted by Gasteiger charge is 2.28. The highest BCUT2D eigenvalue weighted by molar-refractivity contribution is 7.17. The van der Waals surface area contributed by atoms with Crippen molar-refractivity contribution >= 4 is 39.8 Å². The van der Waals surface area contributed by atoms with Gasteiger partial charge in [0.15, 0.2) is 0 Å². The molecule has 0 bridgehead atoms. The van der Waals surface area contributed by atoms with Gasteiger partial charge in [-0.05, 0) is 56.0 Å². The van der Waals surface area contributed by atoms with E-state index in [-0.39, 0.29) is 18.4 Å². The van der Waals surface area contributed by atoms with E-state index in [1.54, 1.807) is 31.2 Å². The Labute approximate surface area is 190 Å². The van der Waals surface area contributed by atoms with Crippen molar-refractivity contribution < 1.29 is 23.9 Å². The topological polar surface area (TPSA) is 97.0 Å². The van der Waals surface area contributed by atoms with Gasteiger partial charge in [0.2, 0.25) is 5.91 Å². The van der Waals surface area contributed by atoms with Gasteiger partial charge in [0.05, 0.1) is 37.5 Å². The average molecular weight is 458 g/mol. The molecule has 2 N–H and O–H groups in total. The van der Waals surface area contributed by atoms with Gasteiger partial charge < -0.3 is 20.1 Å². The number of carbonyl (C=O) groups is 3. The first-order chi connectivity index (χ1) is 15.5. The highest BCUT2D eigenvalue weighted by atomic mass is 32.1. The summed E-state index contributed by atoms with van der Waals surface area (Å²) in [6, 6.07) is 6.59. The lowest BCUT2D eigenvalue weighted by Crippen LogP contribution is -2.41. The average Bonchev–Trinajstić information content (AvgIpc) is 3.35. The fourth-order valence-electron chi connectivity index (χ4n) is 3.96. The minimum atomic E-state index is -0.397. The zero-order valence-electron chi connectivity index (χ0n) is 18.1. The van der Waals surface area contributed by atoms with E-state index in [0.29, 0.717) is 41.6 Å². The van der Waals surface area contributed by atoms with Crippen molar-refractivity contribution in [3.05, 3.63) is 45.8 Å². The quantitative estimate of drug-likeness (QED) is 0.621. The smallest absolute Gasteiger partial charge is 0.338 e. The van der Waals surface area contributed by atoms with E-state index in [1.165, 1.54) is 11.3 Å². The maximum Gasteiger partial charge on any atom is 0.338 e. The van der Waals surface area contributed by atoms with Crippen molar-refractivity contribution in [1.82, 2.24) is 4.90 Å². The number of nitrogens with zero attached hydrogens (tertiary/aromatic N) is 1. The Morgan fingerprint density at radius 2 is 1.84 bits per heavy atom. The molecule has 0 unspecified atom stereocenters. The summed E-state index contributed by atoms with van der Waals surface area (Å²) >= 11 is 1.49. The van der Waals surface area contributed by atoms with Crippen LogP contribution in [0.5, 0.6) is 0 Å². The largest absolute Gasteiger partial charge is 0.462 e. The summed E-state index contributed by atoms with van der Waals surface area (Å²) in [4.78, 5) is 40.8. The van der Waals surface area contributed by atoms with Crippen molar-refractivity contribution in [3.8, 4) is 0 Å². The number of fused-ring (bicyclic) bond motifs is 1.